The predicted molar refractivity (Wildman–Crippen MR) is 58.2 cm³/mol. The number of nitrogens with one attached hydrogen (secondary N) is 1. The third-order valence-corrected chi connectivity index (χ3v) is 3.30. The third kappa shape index (κ3) is 2.10. The average Bonchev–Trinajstić information content (AvgIpc) is 2.69. The van der Waals surface area contributed by atoms with Crippen molar-refractivity contribution in [2.75, 3.05) is 12.8 Å². The van der Waals surface area contributed by atoms with E-state index in [0.717, 1.165) is 23.4 Å². The Morgan fingerprint density at radius 2 is 2.29 bits per heavy atom. The Balaban J connectivity index is 2.27. The Labute approximate surface area is 88.1 Å². The van der Waals surface area contributed by atoms with Crippen LogP contribution in [-0.2, 0) is 0 Å². The molecule has 0 aromatic heterocycles. The van der Waals surface area contributed by atoms with Gasteiger partial charge in [0, 0.05) is 10.9 Å². The summed E-state index contributed by atoms with van der Waals surface area (Å²) >= 11 is 1.59. The minimum absolute atomic E-state index is 0.124. The highest BCUT2D eigenvalue weighted by atomic mass is 32.2. The Morgan fingerprint density at radius 1 is 1.43 bits per heavy atom. The van der Waals surface area contributed by atoms with E-state index in [2.05, 4.69) is 11.4 Å². The molecule has 1 nitrogen and oxygen atoms in total. The summed E-state index contributed by atoms with van der Waals surface area (Å²) in [6, 6.07) is 5.67. The highest BCUT2D eigenvalue weighted by molar-refractivity contribution is 7.98. The van der Waals surface area contributed by atoms with Crippen molar-refractivity contribution >= 4 is 11.8 Å². The van der Waals surface area contributed by atoms with Crippen LogP contribution in [0, 0.1) is 5.82 Å². The lowest BCUT2D eigenvalue weighted by Gasteiger charge is -2.11. The van der Waals surface area contributed by atoms with Crippen molar-refractivity contribution in [2.24, 2.45) is 0 Å². The standard InChI is InChI=1S/C11H14FNS/c1-14-10-6-8(5-9(12)7-10)11-3-2-4-13-11/h5-7,11,13H,2-4H2,1H3/t11-/m1/s1. The zero-order valence-corrected chi connectivity index (χ0v) is 9.03. The molecule has 0 amide bonds. The lowest BCUT2D eigenvalue weighted by Crippen LogP contribution is -2.12. The van der Waals surface area contributed by atoms with Crippen LogP contribution in [0.3, 0.4) is 0 Å². The molecule has 0 unspecified atom stereocenters. The molecule has 0 bridgehead atoms. The average molecular weight is 211 g/mol. The molecule has 2 rings (SSSR count). The van der Waals surface area contributed by atoms with Gasteiger partial charge in [-0.25, -0.2) is 4.39 Å². The minimum atomic E-state index is -0.124. The first-order chi connectivity index (χ1) is 6.79. The summed E-state index contributed by atoms with van der Waals surface area (Å²) < 4.78 is 13.2. The topological polar surface area (TPSA) is 12.0 Å². The molecule has 14 heavy (non-hydrogen) atoms. The summed E-state index contributed by atoms with van der Waals surface area (Å²) in [6.07, 6.45) is 4.29. The van der Waals surface area contributed by atoms with Gasteiger partial charge in [0.2, 0.25) is 0 Å². The van der Waals surface area contributed by atoms with E-state index in [1.807, 2.05) is 6.26 Å². The number of benzene rings is 1. The molecule has 1 aliphatic heterocycles. The van der Waals surface area contributed by atoms with Gasteiger partial charge < -0.3 is 5.32 Å². The van der Waals surface area contributed by atoms with Gasteiger partial charge in [0.05, 0.1) is 0 Å². The Kier molecular flexibility index (Phi) is 3.08. The van der Waals surface area contributed by atoms with E-state index in [4.69, 9.17) is 0 Å². The van der Waals surface area contributed by atoms with Gasteiger partial charge in [0.1, 0.15) is 5.82 Å². The van der Waals surface area contributed by atoms with Crippen LogP contribution in [0.1, 0.15) is 24.4 Å². The Morgan fingerprint density at radius 3 is 2.93 bits per heavy atom. The van der Waals surface area contributed by atoms with Crippen LogP contribution >= 0.6 is 11.8 Å². The number of halogens is 1. The van der Waals surface area contributed by atoms with Gasteiger partial charge in [-0.15, -0.1) is 11.8 Å². The second-order valence-electron chi connectivity index (χ2n) is 3.57. The largest absolute Gasteiger partial charge is 0.310 e. The molecule has 76 valence electrons. The fourth-order valence-electron chi connectivity index (χ4n) is 1.87. The molecule has 0 spiro atoms. The number of hydrogen-bond acceptors (Lipinski definition) is 2. The Bertz CT molecular complexity index is 321. The van der Waals surface area contributed by atoms with E-state index in [1.165, 1.54) is 6.42 Å². The van der Waals surface area contributed by atoms with E-state index < -0.39 is 0 Å². The molecule has 1 aliphatic rings. The van der Waals surface area contributed by atoms with E-state index >= 15 is 0 Å². The highest BCUT2D eigenvalue weighted by Gasteiger charge is 2.16. The van der Waals surface area contributed by atoms with E-state index in [9.17, 15) is 4.39 Å². The van der Waals surface area contributed by atoms with Crippen molar-refractivity contribution in [3.05, 3.63) is 29.6 Å². The van der Waals surface area contributed by atoms with Crippen LogP contribution in [-0.4, -0.2) is 12.8 Å². The first-order valence-electron chi connectivity index (χ1n) is 4.87. The van der Waals surface area contributed by atoms with Crippen molar-refractivity contribution in [1.82, 2.24) is 5.32 Å². The van der Waals surface area contributed by atoms with Crippen LogP contribution < -0.4 is 5.32 Å². The maximum absolute atomic E-state index is 13.2. The first kappa shape index (κ1) is 9.99. The molecule has 1 saturated heterocycles. The van der Waals surface area contributed by atoms with Crippen LogP contribution in [0.4, 0.5) is 4.39 Å². The minimum Gasteiger partial charge on any atom is -0.310 e. The molecule has 1 atom stereocenters. The molecule has 0 saturated carbocycles. The van der Waals surface area contributed by atoms with E-state index in [1.54, 1.807) is 23.9 Å². The second kappa shape index (κ2) is 4.32. The molecule has 3 heteroatoms. The number of thioether (sulfide) groups is 1. The van der Waals surface area contributed by atoms with Gasteiger partial charge in [-0.2, -0.15) is 0 Å². The summed E-state index contributed by atoms with van der Waals surface area (Å²) in [5.74, 6) is -0.124. The lowest BCUT2D eigenvalue weighted by atomic mass is 10.1. The summed E-state index contributed by atoms with van der Waals surface area (Å²) in [7, 11) is 0. The van der Waals surface area contributed by atoms with Gasteiger partial charge in [0.25, 0.3) is 0 Å². The fraction of sp³-hybridized carbons (Fsp3) is 0.455. The highest BCUT2D eigenvalue weighted by Crippen LogP contribution is 2.27. The fourth-order valence-corrected chi connectivity index (χ4v) is 2.36. The van der Waals surface area contributed by atoms with Crippen LogP contribution in [0.5, 0.6) is 0 Å². The molecule has 0 radical (unpaired) electrons. The van der Waals surface area contributed by atoms with Crippen molar-refractivity contribution in [3.63, 3.8) is 0 Å². The van der Waals surface area contributed by atoms with Crippen LogP contribution in [0.15, 0.2) is 23.1 Å². The maximum Gasteiger partial charge on any atom is 0.124 e. The summed E-state index contributed by atoms with van der Waals surface area (Å²) in [6.45, 7) is 1.05. The Hall–Kier alpha value is -0.540. The molecule has 1 aromatic carbocycles. The van der Waals surface area contributed by atoms with Crippen molar-refractivity contribution in [1.29, 1.82) is 0 Å². The summed E-state index contributed by atoms with van der Waals surface area (Å²) in [5.41, 5.74) is 1.09. The van der Waals surface area contributed by atoms with Gasteiger partial charge in [-0.1, -0.05) is 0 Å². The normalized spacial score (nSPS) is 21.4. The molecule has 1 heterocycles. The van der Waals surface area contributed by atoms with E-state index in [-0.39, 0.29) is 5.82 Å². The molecule has 1 aromatic rings. The van der Waals surface area contributed by atoms with Gasteiger partial charge in [-0.3, -0.25) is 0 Å². The third-order valence-electron chi connectivity index (χ3n) is 2.59. The van der Waals surface area contributed by atoms with Crippen molar-refractivity contribution in [3.8, 4) is 0 Å². The maximum atomic E-state index is 13.2. The van der Waals surface area contributed by atoms with Crippen LogP contribution in [0.25, 0.3) is 0 Å². The van der Waals surface area contributed by atoms with Gasteiger partial charge in [0.15, 0.2) is 0 Å². The molecular formula is C11H14FNS. The quantitative estimate of drug-likeness (QED) is 0.755. The zero-order valence-electron chi connectivity index (χ0n) is 8.22. The molecule has 0 aliphatic carbocycles. The van der Waals surface area contributed by atoms with Gasteiger partial charge >= 0.3 is 0 Å². The zero-order chi connectivity index (χ0) is 9.97. The molecule has 1 N–H and O–H groups in total. The second-order valence-corrected chi connectivity index (χ2v) is 4.45. The lowest BCUT2D eigenvalue weighted by molar-refractivity contribution is 0.602. The van der Waals surface area contributed by atoms with Crippen molar-refractivity contribution in [2.45, 2.75) is 23.8 Å². The molecule has 1 fully saturated rings. The summed E-state index contributed by atoms with van der Waals surface area (Å²) in [4.78, 5) is 1.01. The first-order valence-corrected chi connectivity index (χ1v) is 6.10. The molecular weight excluding hydrogens is 197 g/mol. The van der Waals surface area contributed by atoms with Gasteiger partial charge in [-0.05, 0) is 49.4 Å². The predicted octanol–water partition coefficient (Wildman–Crippen LogP) is 2.97. The smallest absolute Gasteiger partial charge is 0.124 e. The number of rotatable bonds is 2. The van der Waals surface area contributed by atoms with E-state index in [0.29, 0.717) is 6.04 Å². The summed E-state index contributed by atoms with van der Waals surface area (Å²) in [5, 5.41) is 3.38. The van der Waals surface area contributed by atoms with Crippen molar-refractivity contribution < 1.29 is 4.39 Å². The SMILES string of the molecule is CSc1cc(F)cc([C@H]2CCCN2)c1. The number of hydrogen-bond donors (Lipinski definition) is 1. The monoisotopic (exact) mass is 211 g/mol. The van der Waals surface area contributed by atoms with Crippen LogP contribution in [0.2, 0.25) is 0 Å².